The first-order chi connectivity index (χ1) is 15.9. The summed E-state index contributed by atoms with van der Waals surface area (Å²) in [4.78, 5) is 12.7. The Morgan fingerprint density at radius 1 is 1.21 bits per heavy atom. The molecule has 33 heavy (non-hydrogen) atoms. The quantitative estimate of drug-likeness (QED) is 0.525. The molecule has 2 aliphatic rings. The van der Waals surface area contributed by atoms with Gasteiger partial charge in [0.25, 0.3) is 0 Å². The van der Waals surface area contributed by atoms with Crippen LogP contribution in [0.1, 0.15) is 112 Å². The molecule has 5 nitrogen and oxygen atoms in total. The fourth-order valence-electron chi connectivity index (χ4n) is 6.00. The van der Waals surface area contributed by atoms with E-state index in [1.54, 1.807) is 0 Å². The molecule has 2 unspecified atom stereocenters. The Bertz CT molecular complexity index is 1060. The lowest BCUT2D eigenvalue weighted by Crippen LogP contribution is -2.60. The fourth-order valence-corrected chi connectivity index (χ4v) is 6.00. The first-order valence-corrected chi connectivity index (χ1v) is 12.9. The van der Waals surface area contributed by atoms with Gasteiger partial charge in [0.2, 0.25) is 0 Å². The van der Waals surface area contributed by atoms with Crippen molar-refractivity contribution in [2.75, 3.05) is 17.2 Å². The van der Waals surface area contributed by atoms with Crippen LogP contribution in [0.15, 0.2) is 12.1 Å². The molecule has 1 aliphatic carbocycles. The maximum absolute atomic E-state index is 9.99. The van der Waals surface area contributed by atoms with Gasteiger partial charge < -0.3 is 10.6 Å². The molecule has 5 heteroatoms. The summed E-state index contributed by atoms with van der Waals surface area (Å²) >= 11 is 0. The minimum absolute atomic E-state index is 0.246. The number of anilines is 2. The van der Waals surface area contributed by atoms with Gasteiger partial charge in [-0.3, -0.25) is 0 Å². The van der Waals surface area contributed by atoms with Crippen LogP contribution in [-0.4, -0.2) is 22.1 Å². The predicted molar refractivity (Wildman–Crippen MR) is 136 cm³/mol. The molecule has 0 saturated carbocycles. The normalized spacial score (nSPS) is 20.0. The van der Waals surface area contributed by atoms with Gasteiger partial charge >= 0.3 is 0 Å². The zero-order chi connectivity index (χ0) is 23.8. The average Bonchev–Trinajstić information content (AvgIpc) is 2.83. The number of nitrogens with zero attached hydrogens (tertiary/aromatic N) is 4. The molecule has 1 aliphatic heterocycles. The summed E-state index contributed by atoms with van der Waals surface area (Å²) in [6.07, 6.45) is 8.26. The molecule has 1 aromatic heterocycles. The third kappa shape index (κ3) is 3.88. The van der Waals surface area contributed by atoms with Gasteiger partial charge in [0.15, 0.2) is 0 Å². The predicted octanol–water partition coefficient (Wildman–Crippen LogP) is 6.05. The summed E-state index contributed by atoms with van der Waals surface area (Å²) in [5.41, 5.74) is 12.8. The van der Waals surface area contributed by atoms with Gasteiger partial charge in [-0.2, -0.15) is 5.26 Å². The Kier molecular flexibility index (Phi) is 6.66. The lowest BCUT2D eigenvalue weighted by Gasteiger charge is -2.54. The first-order valence-electron chi connectivity index (χ1n) is 12.9. The monoisotopic (exact) mass is 445 g/mol. The largest absolute Gasteiger partial charge is 0.398 e. The molecule has 1 aromatic carbocycles. The number of nitrogens with two attached hydrogens (primary N) is 1. The lowest BCUT2D eigenvalue weighted by atomic mass is 9.75. The van der Waals surface area contributed by atoms with E-state index in [9.17, 15) is 5.26 Å². The Balaban J connectivity index is 1.78. The lowest BCUT2D eigenvalue weighted by molar-refractivity contribution is 0.250. The number of aryl methyl sites for hydroxylation is 1. The maximum atomic E-state index is 9.99. The standard InChI is InChI=1S/C28H39N5/c1-6-18(5)20-12-13-23(30)22(17-29)26(20)19-10-11-21-24(16-19)31-25(7-2)32-27(21)33-15-14-28(33,8-3)9-4/h12-13,18-19H,6-11,14-16,30H2,1-5H3. The van der Waals surface area contributed by atoms with E-state index in [0.717, 1.165) is 62.9 Å². The topological polar surface area (TPSA) is 78.8 Å². The summed E-state index contributed by atoms with van der Waals surface area (Å²) < 4.78 is 0. The number of nitrogen functional groups attached to an aromatic ring is 1. The number of aromatic nitrogens is 2. The highest BCUT2D eigenvalue weighted by molar-refractivity contribution is 5.63. The second-order valence-electron chi connectivity index (χ2n) is 9.97. The van der Waals surface area contributed by atoms with Crippen LogP contribution in [0.5, 0.6) is 0 Å². The molecule has 1 fully saturated rings. The van der Waals surface area contributed by atoms with E-state index in [4.69, 9.17) is 15.7 Å². The molecule has 176 valence electrons. The van der Waals surface area contributed by atoms with Crippen molar-refractivity contribution in [3.05, 3.63) is 45.9 Å². The maximum Gasteiger partial charge on any atom is 0.136 e. The van der Waals surface area contributed by atoms with Gasteiger partial charge in [-0.05, 0) is 74.0 Å². The number of benzene rings is 1. The third-order valence-corrected chi connectivity index (χ3v) is 8.54. The minimum Gasteiger partial charge on any atom is -0.398 e. The third-order valence-electron chi connectivity index (χ3n) is 8.54. The van der Waals surface area contributed by atoms with Crippen LogP contribution in [0.4, 0.5) is 11.5 Å². The van der Waals surface area contributed by atoms with E-state index < -0.39 is 0 Å². The van der Waals surface area contributed by atoms with Gasteiger partial charge in [0.05, 0.1) is 11.3 Å². The summed E-state index contributed by atoms with van der Waals surface area (Å²) in [6.45, 7) is 12.3. The molecule has 2 atom stereocenters. The molecule has 0 spiro atoms. The van der Waals surface area contributed by atoms with Crippen molar-refractivity contribution < 1.29 is 0 Å². The highest BCUT2D eigenvalue weighted by Gasteiger charge is 2.44. The van der Waals surface area contributed by atoms with E-state index in [1.165, 1.54) is 29.1 Å². The molecular formula is C28H39N5. The molecular weight excluding hydrogens is 406 g/mol. The SMILES string of the molecule is CCc1nc2c(c(N3CCC3(CC)CC)n1)CCC(c1c(C(C)CC)ccc(N)c1C#N)C2. The smallest absolute Gasteiger partial charge is 0.136 e. The fraction of sp³-hybridized carbons (Fsp3) is 0.607. The molecule has 2 N–H and O–H groups in total. The molecule has 0 radical (unpaired) electrons. The molecule has 4 rings (SSSR count). The first kappa shape index (κ1) is 23.5. The van der Waals surface area contributed by atoms with Crippen molar-refractivity contribution >= 4 is 11.5 Å². The van der Waals surface area contributed by atoms with E-state index in [-0.39, 0.29) is 11.5 Å². The van der Waals surface area contributed by atoms with Gasteiger partial charge in [-0.1, -0.05) is 40.7 Å². The van der Waals surface area contributed by atoms with Crippen molar-refractivity contribution in [1.29, 1.82) is 5.26 Å². The second kappa shape index (κ2) is 9.33. The highest BCUT2D eigenvalue weighted by atomic mass is 15.3. The van der Waals surface area contributed by atoms with Crippen molar-refractivity contribution in [2.45, 2.75) is 103 Å². The van der Waals surface area contributed by atoms with Crippen molar-refractivity contribution in [3.63, 3.8) is 0 Å². The van der Waals surface area contributed by atoms with E-state index in [2.05, 4.69) is 51.7 Å². The van der Waals surface area contributed by atoms with Crippen LogP contribution in [0.3, 0.4) is 0 Å². The molecule has 0 amide bonds. The summed E-state index contributed by atoms with van der Waals surface area (Å²) in [5.74, 6) is 2.79. The number of nitriles is 1. The number of rotatable bonds is 7. The molecule has 0 bridgehead atoms. The van der Waals surface area contributed by atoms with Gasteiger partial charge in [0.1, 0.15) is 17.7 Å². The minimum atomic E-state index is 0.246. The molecule has 2 heterocycles. The van der Waals surface area contributed by atoms with Crippen LogP contribution < -0.4 is 10.6 Å². The number of fused-ring (bicyclic) bond motifs is 1. The molecule has 2 aromatic rings. The Hall–Kier alpha value is -2.61. The van der Waals surface area contributed by atoms with Crippen LogP contribution in [0.2, 0.25) is 0 Å². The van der Waals surface area contributed by atoms with E-state index in [0.29, 0.717) is 17.2 Å². The molecule has 1 saturated heterocycles. The van der Waals surface area contributed by atoms with Gasteiger partial charge in [-0.15, -0.1) is 0 Å². The average molecular weight is 446 g/mol. The summed E-state index contributed by atoms with van der Waals surface area (Å²) in [7, 11) is 0. The zero-order valence-corrected chi connectivity index (χ0v) is 21.0. The van der Waals surface area contributed by atoms with E-state index in [1.807, 2.05) is 6.07 Å². The Morgan fingerprint density at radius 2 is 1.97 bits per heavy atom. The Labute approximate surface area is 199 Å². The van der Waals surface area contributed by atoms with Crippen LogP contribution in [0, 0.1) is 11.3 Å². The summed E-state index contributed by atoms with van der Waals surface area (Å²) in [5, 5.41) is 9.99. The van der Waals surface area contributed by atoms with Crippen molar-refractivity contribution in [2.24, 2.45) is 0 Å². The number of hydrogen-bond donors (Lipinski definition) is 1. The van der Waals surface area contributed by atoms with E-state index >= 15 is 0 Å². The van der Waals surface area contributed by atoms with Crippen LogP contribution in [0.25, 0.3) is 0 Å². The Morgan fingerprint density at radius 3 is 2.55 bits per heavy atom. The van der Waals surface area contributed by atoms with Crippen molar-refractivity contribution in [3.8, 4) is 6.07 Å². The van der Waals surface area contributed by atoms with Crippen LogP contribution in [-0.2, 0) is 19.3 Å². The van der Waals surface area contributed by atoms with Crippen molar-refractivity contribution in [1.82, 2.24) is 9.97 Å². The second-order valence-corrected chi connectivity index (χ2v) is 9.97. The number of hydrogen-bond acceptors (Lipinski definition) is 5. The highest BCUT2D eigenvalue weighted by Crippen LogP contribution is 2.45. The van der Waals surface area contributed by atoms with Gasteiger partial charge in [0, 0.05) is 29.8 Å². The van der Waals surface area contributed by atoms with Gasteiger partial charge in [-0.25, -0.2) is 9.97 Å². The summed E-state index contributed by atoms with van der Waals surface area (Å²) in [6, 6.07) is 6.49. The zero-order valence-electron chi connectivity index (χ0n) is 21.0. The van der Waals surface area contributed by atoms with Crippen LogP contribution >= 0.6 is 0 Å².